The molecule has 2 N–H and O–H groups in total. The molecule has 1 saturated heterocycles. The number of benzene rings is 1. The lowest BCUT2D eigenvalue weighted by molar-refractivity contribution is 0.0787. The first-order valence-electron chi connectivity index (χ1n) is 5.56. The second-order valence-corrected chi connectivity index (χ2v) is 5.84. The Hall–Kier alpha value is -0.0400. The molecule has 6 heteroatoms. The number of halogens is 3. The van der Waals surface area contributed by atoms with E-state index in [0.29, 0.717) is 23.0 Å². The first-order chi connectivity index (χ1) is 8.11. The van der Waals surface area contributed by atoms with Gasteiger partial charge in [0.1, 0.15) is 0 Å². The van der Waals surface area contributed by atoms with E-state index >= 15 is 0 Å². The first-order valence-corrected chi connectivity index (χ1v) is 7.02. The van der Waals surface area contributed by atoms with E-state index in [1.807, 2.05) is 11.0 Å². The van der Waals surface area contributed by atoms with Crippen molar-refractivity contribution in [2.45, 2.75) is 6.42 Å². The van der Waals surface area contributed by atoms with Gasteiger partial charge in [0.2, 0.25) is 0 Å². The fourth-order valence-electron chi connectivity index (χ4n) is 2.02. The summed E-state index contributed by atoms with van der Waals surface area (Å²) < 4.78 is 0.907. The zero-order chi connectivity index (χ0) is 12.4. The highest BCUT2D eigenvalue weighted by Crippen LogP contribution is 2.22. The third-order valence-corrected chi connectivity index (χ3v) is 4.61. The summed E-state index contributed by atoms with van der Waals surface area (Å²) in [7, 11) is 0. The number of nitrogens with zero attached hydrogens (tertiary/aromatic N) is 1. The predicted octanol–water partition coefficient (Wildman–Crippen LogP) is 2.79. The number of rotatable bonds is 2. The maximum Gasteiger partial charge on any atom is 0.253 e. The lowest BCUT2D eigenvalue weighted by Crippen LogP contribution is -2.29. The molecule has 100 valence electrons. The molecule has 0 bridgehead atoms. The predicted molar refractivity (Wildman–Crippen MR) is 84.5 cm³/mol. The van der Waals surface area contributed by atoms with Crippen LogP contribution in [0.3, 0.4) is 0 Å². The van der Waals surface area contributed by atoms with Crippen molar-refractivity contribution in [1.29, 1.82) is 0 Å². The van der Waals surface area contributed by atoms with Crippen molar-refractivity contribution < 1.29 is 4.79 Å². The van der Waals surface area contributed by atoms with Crippen LogP contribution in [0.15, 0.2) is 18.2 Å². The van der Waals surface area contributed by atoms with Crippen LogP contribution in [0.4, 0.5) is 0 Å². The van der Waals surface area contributed by atoms with Crippen LogP contribution in [0, 0.1) is 9.49 Å². The van der Waals surface area contributed by atoms with E-state index in [1.165, 1.54) is 0 Å². The maximum atomic E-state index is 12.2. The van der Waals surface area contributed by atoms with E-state index in [0.717, 1.165) is 23.1 Å². The average molecular weight is 401 g/mol. The lowest BCUT2D eigenvalue weighted by Gasteiger charge is -2.16. The van der Waals surface area contributed by atoms with E-state index in [1.54, 1.807) is 12.1 Å². The molecule has 1 aliphatic heterocycles. The molecule has 1 fully saturated rings. The largest absolute Gasteiger partial charge is 0.338 e. The molecule has 1 heterocycles. The quantitative estimate of drug-likeness (QED) is 0.776. The summed E-state index contributed by atoms with van der Waals surface area (Å²) in [6.07, 6.45) is 1.01. The van der Waals surface area contributed by atoms with Crippen LogP contribution in [0.5, 0.6) is 0 Å². The first kappa shape index (κ1) is 16.0. The van der Waals surface area contributed by atoms with Gasteiger partial charge in [0.25, 0.3) is 5.91 Å². The molecule has 1 atom stereocenters. The van der Waals surface area contributed by atoms with E-state index in [4.69, 9.17) is 17.3 Å². The highest BCUT2D eigenvalue weighted by molar-refractivity contribution is 14.1. The van der Waals surface area contributed by atoms with E-state index in [9.17, 15) is 4.79 Å². The Bertz CT molecular complexity index is 442. The van der Waals surface area contributed by atoms with E-state index in [-0.39, 0.29) is 18.3 Å². The van der Waals surface area contributed by atoms with Crippen LogP contribution in [-0.4, -0.2) is 30.4 Å². The molecule has 2 rings (SSSR count). The Labute approximate surface area is 132 Å². The van der Waals surface area contributed by atoms with Gasteiger partial charge in [-0.2, -0.15) is 0 Å². The van der Waals surface area contributed by atoms with Gasteiger partial charge in [-0.3, -0.25) is 4.79 Å². The summed E-state index contributed by atoms with van der Waals surface area (Å²) in [6.45, 7) is 2.23. The molecule has 1 aliphatic rings. The Kier molecular flexibility index (Phi) is 6.17. The standard InChI is InChI=1S/C12H14ClIN2O.ClH/c13-10-2-1-9(5-11(10)14)12(17)16-4-3-8(6-15)7-16;/h1-2,5,8H,3-4,6-7,15H2;1H. The molecule has 0 aromatic heterocycles. The minimum atomic E-state index is 0. The van der Waals surface area contributed by atoms with Crippen molar-refractivity contribution in [3.8, 4) is 0 Å². The van der Waals surface area contributed by atoms with Crippen LogP contribution < -0.4 is 5.73 Å². The smallest absolute Gasteiger partial charge is 0.253 e. The molecule has 0 saturated carbocycles. The number of nitrogens with two attached hydrogens (primary N) is 1. The molecule has 1 amide bonds. The van der Waals surface area contributed by atoms with Crippen LogP contribution in [-0.2, 0) is 0 Å². The lowest BCUT2D eigenvalue weighted by atomic mass is 10.1. The maximum absolute atomic E-state index is 12.2. The molecule has 0 radical (unpaired) electrons. The number of likely N-dealkylation sites (tertiary alicyclic amines) is 1. The topological polar surface area (TPSA) is 46.3 Å². The summed E-state index contributed by atoms with van der Waals surface area (Å²) in [6, 6.07) is 5.39. The third-order valence-electron chi connectivity index (χ3n) is 3.07. The summed E-state index contributed by atoms with van der Waals surface area (Å²) in [5, 5.41) is 0.684. The van der Waals surface area contributed by atoms with Gasteiger partial charge >= 0.3 is 0 Å². The Morgan fingerprint density at radius 3 is 2.83 bits per heavy atom. The number of carbonyl (C=O) groups excluding carboxylic acids is 1. The van der Waals surface area contributed by atoms with Gasteiger partial charge in [-0.25, -0.2) is 0 Å². The normalized spacial score (nSPS) is 18.6. The second-order valence-electron chi connectivity index (χ2n) is 4.27. The number of hydrogen-bond acceptors (Lipinski definition) is 2. The monoisotopic (exact) mass is 400 g/mol. The molecular formula is C12H15Cl2IN2O. The summed E-state index contributed by atoms with van der Waals surface area (Å²) in [4.78, 5) is 14.1. The van der Waals surface area contributed by atoms with Crippen LogP contribution >= 0.6 is 46.6 Å². The highest BCUT2D eigenvalue weighted by Gasteiger charge is 2.26. The molecular weight excluding hydrogens is 386 g/mol. The van der Waals surface area contributed by atoms with Crippen molar-refractivity contribution >= 4 is 52.5 Å². The average Bonchev–Trinajstić information content (AvgIpc) is 2.80. The number of carbonyl (C=O) groups is 1. The summed E-state index contributed by atoms with van der Waals surface area (Å²) >= 11 is 8.08. The van der Waals surface area contributed by atoms with Crippen molar-refractivity contribution in [3.63, 3.8) is 0 Å². The molecule has 1 aromatic rings. The minimum absolute atomic E-state index is 0. The molecule has 1 unspecified atom stereocenters. The second kappa shape index (κ2) is 6.93. The fraction of sp³-hybridized carbons (Fsp3) is 0.417. The Balaban J connectivity index is 0.00000162. The van der Waals surface area contributed by atoms with Gasteiger partial charge in [-0.1, -0.05) is 11.6 Å². The molecule has 3 nitrogen and oxygen atoms in total. The third kappa shape index (κ3) is 3.50. The zero-order valence-electron chi connectivity index (χ0n) is 9.73. The van der Waals surface area contributed by atoms with Gasteiger partial charge in [-0.05, 0) is 59.7 Å². The highest BCUT2D eigenvalue weighted by atomic mass is 127. The minimum Gasteiger partial charge on any atom is -0.338 e. The molecule has 1 aromatic carbocycles. The molecule has 18 heavy (non-hydrogen) atoms. The van der Waals surface area contributed by atoms with Crippen LogP contribution in [0.1, 0.15) is 16.8 Å². The summed E-state index contributed by atoms with van der Waals surface area (Å²) in [5.41, 5.74) is 6.33. The SMILES string of the molecule is Cl.NCC1CCN(C(=O)c2ccc(Cl)c(I)c2)C1. The zero-order valence-corrected chi connectivity index (χ0v) is 13.5. The van der Waals surface area contributed by atoms with Gasteiger partial charge in [-0.15, -0.1) is 12.4 Å². The molecule has 0 aliphatic carbocycles. The Morgan fingerprint density at radius 2 is 2.28 bits per heavy atom. The number of amides is 1. The van der Waals surface area contributed by atoms with Crippen molar-refractivity contribution in [2.75, 3.05) is 19.6 Å². The van der Waals surface area contributed by atoms with Gasteiger partial charge < -0.3 is 10.6 Å². The summed E-state index contributed by atoms with van der Waals surface area (Å²) in [5.74, 6) is 0.529. The number of hydrogen-bond donors (Lipinski definition) is 1. The molecule has 0 spiro atoms. The van der Waals surface area contributed by atoms with Crippen LogP contribution in [0.25, 0.3) is 0 Å². The van der Waals surface area contributed by atoms with E-state index < -0.39 is 0 Å². The fourth-order valence-corrected chi connectivity index (χ4v) is 2.65. The van der Waals surface area contributed by atoms with Crippen molar-refractivity contribution in [1.82, 2.24) is 4.90 Å². The van der Waals surface area contributed by atoms with E-state index in [2.05, 4.69) is 22.6 Å². The van der Waals surface area contributed by atoms with Crippen molar-refractivity contribution in [2.24, 2.45) is 11.7 Å². The Morgan fingerprint density at radius 1 is 1.56 bits per heavy atom. The van der Waals surface area contributed by atoms with Crippen LogP contribution in [0.2, 0.25) is 5.02 Å². The van der Waals surface area contributed by atoms with Gasteiger partial charge in [0, 0.05) is 22.2 Å². The van der Waals surface area contributed by atoms with Gasteiger partial charge in [0.15, 0.2) is 0 Å². The van der Waals surface area contributed by atoms with Crippen molar-refractivity contribution in [3.05, 3.63) is 32.4 Å². The van der Waals surface area contributed by atoms with Gasteiger partial charge in [0.05, 0.1) is 5.02 Å².